The van der Waals surface area contributed by atoms with E-state index in [2.05, 4.69) is 227 Å². The maximum absolute atomic E-state index is 5.96. The maximum Gasteiger partial charge on any atom is 0.146 e. The summed E-state index contributed by atoms with van der Waals surface area (Å²) >= 11 is 0. The first-order chi connectivity index (χ1) is 32.1. The SMILES string of the molecule is CC(C)(C)c1cc(-c2ccc3c(c2)c2ccccc2n3-c2ccccc2)c2c(c1)c1cc(C(C)(C)C)cc3c4cc5c(nc4n2c31)c1cc(C(C)(C)C)cc2c3c4ccccc4ccc3n5c12. The third-order valence-corrected chi connectivity index (χ3v) is 15.3. The molecule has 6 aromatic heterocycles. The molecule has 4 nitrogen and oxygen atoms in total. The minimum atomic E-state index is -0.0820. The van der Waals surface area contributed by atoms with Crippen molar-refractivity contribution >= 4 is 109 Å². The van der Waals surface area contributed by atoms with Gasteiger partial charge in [0.05, 0.1) is 44.1 Å². The number of benzene rings is 8. The molecule has 0 saturated carbocycles. The van der Waals surface area contributed by atoms with Crippen molar-refractivity contribution in [2.24, 2.45) is 0 Å². The predicted molar refractivity (Wildman–Crippen MR) is 287 cm³/mol. The van der Waals surface area contributed by atoms with Crippen LogP contribution in [0.25, 0.3) is 126 Å². The van der Waals surface area contributed by atoms with E-state index in [9.17, 15) is 0 Å². The molecule has 0 unspecified atom stereocenters. The van der Waals surface area contributed by atoms with Gasteiger partial charge >= 0.3 is 0 Å². The summed E-state index contributed by atoms with van der Waals surface area (Å²) in [5.74, 6) is 0. The van der Waals surface area contributed by atoms with Gasteiger partial charge < -0.3 is 8.97 Å². The van der Waals surface area contributed by atoms with Crippen LogP contribution in [0.5, 0.6) is 0 Å². The van der Waals surface area contributed by atoms with Crippen molar-refractivity contribution in [1.82, 2.24) is 18.4 Å². The molecule has 0 aliphatic rings. The number of nitrogens with zero attached hydrogens (tertiary/aromatic N) is 4. The lowest BCUT2D eigenvalue weighted by molar-refractivity contribution is 0.591. The fourth-order valence-electron chi connectivity index (χ4n) is 11.8. The Morgan fingerprint density at radius 1 is 0.373 bits per heavy atom. The summed E-state index contributed by atoms with van der Waals surface area (Å²) in [6, 6.07) is 57.6. The van der Waals surface area contributed by atoms with Crippen LogP contribution in [0.2, 0.25) is 0 Å². The van der Waals surface area contributed by atoms with Gasteiger partial charge in [-0.05, 0) is 128 Å². The normalized spacial score (nSPS) is 13.4. The number of rotatable bonds is 2. The third-order valence-electron chi connectivity index (χ3n) is 15.3. The fraction of sp³-hybridized carbons (Fsp3) is 0.190. The van der Waals surface area contributed by atoms with Crippen molar-refractivity contribution in [3.63, 3.8) is 0 Å². The van der Waals surface area contributed by atoms with Crippen LogP contribution >= 0.6 is 0 Å². The molecular weight excluding hydrogens is 813 g/mol. The van der Waals surface area contributed by atoms with E-state index in [0.717, 1.165) is 16.7 Å². The molecule has 14 aromatic rings. The van der Waals surface area contributed by atoms with Crippen molar-refractivity contribution in [2.75, 3.05) is 0 Å². The topological polar surface area (TPSA) is 26.6 Å². The van der Waals surface area contributed by atoms with Crippen LogP contribution in [-0.4, -0.2) is 18.4 Å². The van der Waals surface area contributed by atoms with E-state index in [1.54, 1.807) is 0 Å². The van der Waals surface area contributed by atoms with Gasteiger partial charge in [-0.1, -0.05) is 135 Å². The van der Waals surface area contributed by atoms with Crippen LogP contribution < -0.4 is 0 Å². The highest BCUT2D eigenvalue weighted by Gasteiger charge is 2.30. The Balaban J connectivity index is 1.16. The molecule has 324 valence electrons. The molecule has 0 radical (unpaired) electrons. The van der Waals surface area contributed by atoms with Gasteiger partial charge in [0.15, 0.2) is 0 Å². The summed E-state index contributed by atoms with van der Waals surface area (Å²) in [7, 11) is 0. The highest BCUT2D eigenvalue weighted by atomic mass is 15.0. The molecule has 0 aliphatic heterocycles. The summed E-state index contributed by atoms with van der Waals surface area (Å²) in [4.78, 5) is 5.96. The molecule has 0 bridgehead atoms. The standard InChI is InChI=1S/C63H52N4/c1-61(2,3)37-28-43(36-24-25-52-44(27-36)42-21-15-16-22-51(42)65(52)40-18-11-10-12-19-40)57-45(29-37)46-30-38(62(4,5)6)31-47-48-34-54-56(64-60(48)67(57)58(46)47)50-33-39(63(7,8)9)32-49-55-41-20-14-13-17-35(41)23-26-53(55)66(54)59(49)50/h10-34H,1-9H3. The molecule has 0 saturated heterocycles. The molecule has 0 N–H and O–H groups in total. The number of aromatic nitrogens is 4. The van der Waals surface area contributed by atoms with Crippen LogP contribution in [0.1, 0.15) is 79.0 Å². The van der Waals surface area contributed by atoms with Gasteiger partial charge in [-0.2, -0.15) is 0 Å². The lowest BCUT2D eigenvalue weighted by Gasteiger charge is -2.22. The van der Waals surface area contributed by atoms with Crippen LogP contribution in [0.4, 0.5) is 0 Å². The molecule has 0 atom stereocenters. The minimum absolute atomic E-state index is 0.0558. The summed E-state index contributed by atoms with van der Waals surface area (Å²) in [6.45, 7) is 21.1. The minimum Gasteiger partial charge on any atom is -0.309 e. The fourth-order valence-corrected chi connectivity index (χ4v) is 11.8. The van der Waals surface area contributed by atoms with Crippen molar-refractivity contribution in [1.29, 1.82) is 0 Å². The number of para-hydroxylation sites is 2. The van der Waals surface area contributed by atoms with Gasteiger partial charge in [0.25, 0.3) is 0 Å². The number of hydrogen-bond acceptors (Lipinski definition) is 1. The first-order valence-electron chi connectivity index (χ1n) is 24.0. The Morgan fingerprint density at radius 3 is 1.67 bits per heavy atom. The second-order valence-corrected chi connectivity index (χ2v) is 22.5. The Kier molecular flexibility index (Phi) is 7.36. The summed E-state index contributed by atoms with van der Waals surface area (Å²) < 4.78 is 7.49. The van der Waals surface area contributed by atoms with E-state index in [4.69, 9.17) is 4.98 Å². The van der Waals surface area contributed by atoms with Gasteiger partial charge in [0, 0.05) is 59.7 Å². The van der Waals surface area contributed by atoms with Crippen LogP contribution in [0.15, 0.2) is 152 Å². The monoisotopic (exact) mass is 864 g/mol. The zero-order valence-corrected chi connectivity index (χ0v) is 39.7. The third kappa shape index (κ3) is 5.16. The van der Waals surface area contributed by atoms with Gasteiger partial charge in [-0.15, -0.1) is 0 Å². The Hall–Kier alpha value is -7.43. The molecular formula is C63H52N4. The van der Waals surface area contributed by atoms with E-state index in [1.165, 1.54) is 126 Å². The van der Waals surface area contributed by atoms with Gasteiger partial charge in [-0.3, -0.25) is 4.40 Å². The maximum atomic E-state index is 5.96. The van der Waals surface area contributed by atoms with Crippen LogP contribution in [0.3, 0.4) is 0 Å². The van der Waals surface area contributed by atoms with Crippen LogP contribution in [-0.2, 0) is 16.2 Å². The average Bonchev–Trinajstić information content (AvgIpc) is 4.10. The summed E-state index contributed by atoms with van der Waals surface area (Å²) in [6.07, 6.45) is 0. The van der Waals surface area contributed by atoms with E-state index < -0.39 is 0 Å². The highest BCUT2D eigenvalue weighted by molar-refractivity contribution is 6.31. The van der Waals surface area contributed by atoms with Crippen molar-refractivity contribution in [3.8, 4) is 16.8 Å². The number of fused-ring (bicyclic) bond motifs is 17. The van der Waals surface area contributed by atoms with Crippen molar-refractivity contribution in [2.45, 2.75) is 78.6 Å². The molecule has 0 amide bonds. The molecule has 0 spiro atoms. The predicted octanol–water partition coefficient (Wildman–Crippen LogP) is 17.2. The van der Waals surface area contributed by atoms with Crippen molar-refractivity contribution < 1.29 is 0 Å². The molecule has 0 fully saturated rings. The quantitative estimate of drug-likeness (QED) is 0.170. The lowest BCUT2D eigenvalue weighted by Crippen LogP contribution is -2.11. The highest BCUT2D eigenvalue weighted by Crippen LogP contribution is 2.49. The zero-order chi connectivity index (χ0) is 45.6. The first-order valence-corrected chi connectivity index (χ1v) is 24.0. The molecule has 4 heteroatoms. The van der Waals surface area contributed by atoms with Crippen LogP contribution in [0, 0.1) is 0 Å². The van der Waals surface area contributed by atoms with E-state index in [0.29, 0.717) is 0 Å². The zero-order valence-electron chi connectivity index (χ0n) is 39.7. The molecule has 8 aromatic carbocycles. The second-order valence-electron chi connectivity index (χ2n) is 22.5. The van der Waals surface area contributed by atoms with Gasteiger partial charge in [-0.25, -0.2) is 4.98 Å². The Labute approximate surface area is 389 Å². The summed E-state index contributed by atoms with van der Waals surface area (Å²) in [5, 5.41) is 13.9. The first kappa shape index (κ1) is 38.8. The van der Waals surface area contributed by atoms with E-state index in [-0.39, 0.29) is 16.2 Å². The summed E-state index contributed by atoms with van der Waals surface area (Å²) in [5.41, 5.74) is 18.0. The smallest absolute Gasteiger partial charge is 0.146 e. The van der Waals surface area contributed by atoms with Gasteiger partial charge in [0.1, 0.15) is 5.65 Å². The number of pyridine rings is 1. The molecule has 14 rings (SSSR count). The molecule has 6 heterocycles. The Bertz CT molecular complexity index is 4420. The number of hydrogen-bond donors (Lipinski definition) is 0. The van der Waals surface area contributed by atoms with E-state index in [1.807, 2.05) is 0 Å². The van der Waals surface area contributed by atoms with Crippen molar-refractivity contribution in [3.05, 3.63) is 168 Å². The lowest BCUT2D eigenvalue weighted by atomic mass is 9.83. The van der Waals surface area contributed by atoms with Gasteiger partial charge in [0.2, 0.25) is 0 Å². The molecule has 0 aliphatic carbocycles. The Morgan fingerprint density at radius 2 is 0.940 bits per heavy atom. The average molecular weight is 865 g/mol. The van der Waals surface area contributed by atoms with E-state index >= 15 is 0 Å². The molecule has 67 heavy (non-hydrogen) atoms. The largest absolute Gasteiger partial charge is 0.309 e. The second kappa shape index (κ2) is 12.7.